The number of hydrogen-bond acceptors (Lipinski definition) is 5. The third kappa shape index (κ3) is 3.24. The average Bonchev–Trinajstić information content (AvgIpc) is 2.79. The second-order valence-electron chi connectivity index (χ2n) is 5.08. The summed E-state index contributed by atoms with van der Waals surface area (Å²) in [6, 6.07) is 0.0931. The summed E-state index contributed by atoms with van der Waals surface area (Å²) in [5, 5.41) is 4.19. The number of nitrogens with zero attached hydrogens (tertiary/aromatic N) is 2. The Morgan fingerprint density at radius 1 is 1.41 bits per heavy atom. The lowest BCUT2D eigenvalue weighted by molar-refractivity contribution is 0.0619. The monoisotopic (exact) mass is 255 g/mol. The van der Waals surface area contributed by atoms with Gasteiger partial charge in [0.15, 0.2) is 0 Å². The Labute approximate surface area is 107 Å². The zero-order valence-electron chi connectivity index (χ0n) is 10.6. The highest BCUT2D eigenvalue weighted by atomic mass is 32.1. The Morgan fingerprint density at radius 3 is 2.76 bits per heavy atom. The van der Waals surface area contributed by atoms with Crippen molar-refractivity contribution in [3.8, 4) is 0 Å². The summed E-state index contributed by atoms with van der Waals surface area (Å²) in [6.45, 7) is 6.05. The van der Waals surface area contributed by atoms with Crippen molar-refractivity contribution in [3.05, 3.63) is 10.6 Å². The molecule has 0 spiro atoms. The number of nitrogens with two attached hydrogens (primary N) is 1. The molecule has 1 atom stereocenters. The van der Waals surface area contributed by atoms with Crippen molar-refractivity contribution in [2.75, 3.05) is 13.2 Å². The van der Waals surface area contributed by atoms with Crippen LogP contribution in [0.5, 0.6) is 0 Å². The lowest BCUT2D eigenvalue weighted by Crippen LogP contribution is -2.21. The van der Waals surface area contributed by atoms with Gasteiger partial charge in [0.25, 0.3) is 0 Å². The highest BCUT2D eigenvalue weighted by Gasteiger charge is 2.22. The number of hydrogen-bond donors (Lipinski definition) is 1. The van der Waals surface area contributed by atoms with Gasteiger partial charge >= 0.3 is 0 Å². The molecule has 1 aromatic rings. The fourth-order valence-electron chi connectivity index (χ4n) is 2.31. The maximum Gasteiger partial charge on any atom is 0.0828 e. The summed E-state index contributed by atoms with van der Waals surface area (Å²) in [6.07, 6.45) is 3.31. The fourth-order valence-corrected chi connectivity index (χ4v) is 3.13. The predicted molar refractivity (Wildman–Crippen MR) is 69.1 cm³/mol. The predicted octanol–water partition coefficient (Wildman–Crippen LogP) is 2.48. The molecule has 1 aromatic heterocycles. The molecule has 0 aliphatic carbocycles. The van der Waals surface area contributed by atoms with Gasteiger partial charge in [0.2, 0.25) is 0 Å². The normalized spacial score (nSPS) is 19.8. The first-order valence-electron chi connectivity index (χ1n) is 6.34. The Balaban J connectivity index is 1.98. The molecule has 0 aromatic carbocycles. The van der Waals surface area contributed by atoms with E-state index in [0.717, 1.165) is 38.2 Å². The molecule has 2 rings (SSSR count). The summed E-state index contributed by atoms with van der Waals surface area (Å²) >= 11 is 1.46. The fraction of sp³-hybridized carbons (Fsp3) is 0.833. The highest BCUT2D eigenvalue weighted by Crippen LogP contribution is 2.31. The minimum atomic E-state index is 0.0931. The second-order valence-corrected chi connectivity index (χ2v) is 5.86. The molecule has 17 heavy (non-hydrogen) atoms. The van der Waals surface area contributed by atoms with Crippen molar-refractivity contribution in [3.63, 3.8) is 0 Å². The molecular weight excluding hydrogens is 234 g/mol. The van der Waals surface area contributed by atoms with Crippen molar-refractivity contribution in [1.29, 1.82) is 0 Å². The van der Waals surface area contributed by atoms with Gasteiger partial charge < -0.3 is 10.5 Å². The van der Waals surface area contributed by atoms with Gasteiger partial charge in [-0.3, -0.25) is 0 Å². The molecule has 2 heterocycles. The molecule has 96 valence electrons. The smallest absolute Gasteiger partial charge is 0.0828 e. The topological polar surface area (TPSA) is 61.0 Å². The summed E-state index contributed by atoms with van der Waals surface area (Å²) in [4.78, 5) is 1.17. The maximum atomic E-state index is 6.30. The van der Waals surface area contributed by atoms with Crippen LogP contribution in [-0.4, -0.2) is 22.8 Å². The first kappa shape index (κ1) is 12.9. The van der Waals surface area contributed by atoms with Crippen molar-refractivity contribution in [2.45, 2.75) is 45.1 Å². The number of rotatable bonds is 4. The van der Waals surface area contributed by atoms with Crippen LogP contribution in [0.25, 0.3) is 0 Å². The molecule has 5 heteroatoms. The molecule has 0 bridgehead atoms. The van der Waals surface area contributed by atoms with Crippen LogP contribution >= 0.6 is 11.5 Å². The molecule has 0 saturated carbocycles. The molecular formula is C12H21N3OS. The van der Waals surface area contributed by atoms with E-state index in [0.29, 0.717) is 11.8 Å². The van der Waals surface area contributed by atoms with Gasteiger partial charge in [-0.1, -0.05) is 18.3 Å². The SMILES string of the molecule is CC(C)c1nnsc1C(N)CC1CCOCC1. The molecule has 1 aliphatic heterocycles. The van der Waals surface area contributed by atoms with Gasteiger partial charge in [0, 0.05) is 19.3 Å². The van der Waals surface area contributed by atoms with Crippen LogP contribution in [0.4, 0.5) is 0 Å². The molecule has 1 aliphatic rings. The van der Waals surface area contributed by atoms with Gasteiger partial charge in [-0.2, -0.15) is 0 Å². The molecule has 1 saturated heterocycles. The maximum absolute atomic E-state index is 6.30. The van der Waals surface area contributed by atoms with E-state index in [1.165, 1.54) is 16.4 Å². The van der Waals surface area contributed by atoms with E-state index < -0.39 is 0 Å². The van der Waals surface area contributed by atoms with Gasteiger partial charge in [-0.25, -0.2) is 0 Å². The summed E-state index contributed by atoms with van der Waals surface area (Å²) in [5.74, 6) is 1.10. The van der Waals surface area contributed by atoms with Crippen molar-refractivity contribution in [2.24, 2.45) is 11.7 Å². The van der Waals surface area contributed by atoms with Crippen LogP contribution in [0.2, 0.25) is 0 Å². The molecule has 1 unspecified atom stereocenters. The van der Waals surface area contributed by atoms with E-state index in [1.54, 1.807) is 0 Å². The Kier molecular flexibility index (Phi) is 4.48. The lowest BCUT2D eigenvalue weighted by atomic mass is 9.91. The van der Waals surface area contributed by atoms with E-state index >= 15 is 0 Å². The number of aromatic nitrogens is 2. The largest absolute Gasteiger partial charge is 0.381 e. The summed E-state index contributed by atoms with van der Waals surface area (Å²) in [7, 11) is 0. The van der Waals surface area contributed by atoms with Crippen LogP contribution in [0.1, 0.15) is 55.6 Å². The Hall–Kier alpha value is -0.520. The zero-order valence-corrected chi connectivity index (χ0v) is 11.4. The van der Waals surface area contributed by atoms with E-state index in [2.05, 4.69) is 23.4 Å². The van der Waals surface area contributed by atoms with Gasteiger partial charge in [-0.15, -0.1) is 5.10 Å². The molecule has 4 nitrogen and oxygen atoms in total. The highest BCUT2D eigenvalue weighted by molar-refractivity contribution is 7.05. The van der Waals surface area contributed by atoms with E-state index in [9.17, 15) is 0 Å². The van der Waals surface area contributed by atoms with Gasteiger partial charge in [-0.05, 0) is 42.6 Å². The second kappa shape index (κ2) is 5.89. The Bertz CT molecular complexity index is 347. The quantitative estimate of drug-likeness (QED) is 0.898. The van der Waals surface area contributed by atoms with Gasteiger partial charge in [0.1, 0.15) is 0 Å². The zero-order chi connectivity index (χ0) is 12.3. The van der Waals surface area contributed by atoms with Crippen LogP contribution in [0.15, 0.2) is 0 Å². The van der Waals surface area contributed by atoms with Crippen molar-refractivity contribution in [1.82, 2.24) is 9.59 Å². The molecule has 0 amide bonds. The van der Waals surface area contributed by atoms with Crippen LogP contribution < -0.4 is 5.73 Å². The summed E-state index contributed by atoms with van der Waals surface area (Å²) in [5.41, 5.74) is 7.38. The third-order valence-electron chi connectivity index (χ3n) is 3.35. The van der Waals surface area contributed by atoms with E-state index in [1.807, 2.05) is 0 Å². The average molecular weight is 255 g/mol. The standard InChI is InChI=1S/C12H21N3OS/c1-8(2)11-12(17-15-14-11)10(13)7-9-3-5-16-6-4-9/h8-10H,3-7,13H2,1-2H3. The van der Waals surface area contributed by atoms with E-state index in [-0.39, 0.29) is 6.04 Å². The van der Waals surface area contributed by atoms with Crippen LogP contribution in [-0.2, 0) is 4.74 Å². The number of ether oxygens (including phenoxy) is 1. The third-order valence-corrected chi connectivity index (χ3v) is 4.22. The van der Waals surface area contributed by atoms with Crippen molar-refractivity contribution < 1.29 is 4.74 Å². The first-order chi connectivity index (χ1) is 8.18. The minimum Gasteiger partial charge on any atom is -0.381 e. The lowest BCUT2D eigenvalue weighted by Gasteiger charge is -2.24. The summed E-state index contributed by atoms with van der Waals surface area (Å²) < 4.78 is 9.42. The van der Waals surface area contributed by atoms with E-state index in [4.69, 9.17) is 10.5 Å². The minimum absolute atomic E-state index is 0.0931. The first-order valence-corrected chi connectivity index (χ1v) is 7.11. The van der Waals surface area contributed by atoms with Crippen LogP contribution in [0.3, 0.4) is 0 Å². The molecule has 2 N–H and O–H groups in total. The van der Waals surface area contributed by atoms with Crippen LogP contribution in [0, 0.1) is 5.92 Å². The Morgan fingerprint density at radius 2 is 2.12 bits per heavy atom. The molecule has 0 radical (unpaired) electrons. The van der Waals surface area contributed by atoms with Crippen molar-refractivity contribution >= 4 is 11.5 Å². The van der Waals surface area contributed by atoms with Gasteiger partial charge in [0.05, 0.1) is 10.6 Å². The molecule has 1 fully saturated rings.